The van der Waals surface area contributed by atoms with Crippen molar-refractivity contribution >= 4 is 29.1 Å². The van der Waals surface area contributed by atoms with Gasteiger partial charge in [-0.25, -0.2) is 0 Å². The van der Waals surface area contributed by atoms with Crippen LogP contribution in [0.1, 0.15) is 36.1 Å². The number of carbonyl (C=O) groups is 1. The molecule has 184 valence electrons. The highest BCUT2D eigenvalue weighted by Gasteiger charge is 2.30. The first-order chi connectivity index (χ1) is 16.9. The fraction of sp³-hybridized carbons (Fsp3) is 0.321. The summed E-state index contributed by atoms with van der Waals surface area (Å²) in [6.45, 7) is 2.80. The highest BCUT2D eigenvalue weighted by atomic mass is 35.5. The van der Waals surface area contributed by atoms with E-state index in [0.717, 1.165) is 41.9 Å². The van der Waals surface area contributed by atoms with Crippen LogP contribution < -0.4 is 5.32 Å². The van der Waals surface area contributed by atoms with Crippen molar-refractivity contribution in [3.63, 3.8) is 0 Å². The molecule has 2 unspecified atom stereocenters. The Hall–Kier alpha value is -2.57. The van der Waals surface area contributed by atoms with Crippen LogP contribution in [0.4, 0.5) is 0 Å². The van der Waals surface area contributed by atoms with E-state index in [4.69, 9.17) is 23.2 Å². The van der Waals surface area contributed by atoms with Gasteiger partial charge in [-0.05, 0) is 73.9 Å². The molecule has 0 aromatic heterocycles. The molecule has 0 spiro atoms. The van der Waals surface area contributed by atoms with E-state index in [9.17, 15) is 9.90 Å². The summed E-state index contributed by atoms with van der Waals surface area (Å²) in [5.74, 6) is 0.183. The minimum Gasteiger partial charge on any atom is -0.507 e. The predicted octanol–water partition coefficient (Wildman–Crippen LogP) is 5.92. The Morgan fingerprint density at radius 2 is 1.74 bits per heavy atom. The van der Waals surface area contributed by atoms with E-state index < -0.39 is 6.04 Å². The molecule has 35 heavy (non-hydrogen) atoms. The molecule has 1 amide bonds. The molecule has 1 fully saturated rings. The van der Waals surface area contributed by atoms with Gasteiger partial charge in [-0.15, -0.1) is 0 Å². The third kappa shape index (κ3) is 5.81. The number of nitrogens with one attached hydrogen (secondary N) is 1. The Morgan fingerprint density at radius 3 is 2.43 bits per heavy atom. The third-order valence-corrected chi connectivity index (χ3v) is 7.48. The molecule has 2 N–H and O–H groups in total. The lowest BCUT2D eigenvalue weighted by Gasteiger charge is -2.34. The number of likely N-dealkylation sites (tertiary alicyclic amines) is 1. The quantitative estimate of drug-likeness (QED) is 0.393. The maximum Gasteiger partial charge on any atom is 0.244 e. The van der Waals surface area contributed by atoms with Crippen molar-refractivity contribution in [2.45, 2.75) is 24.9 Å². The van der Waals surface area contributed by atoms with Crippen molar-refractivity contribution in [1.29, 1.82) is 0 Å². The van der Waals surface area contributed by atoms with Crippen molar-refractivity contribution in [2.75, 3.05) is 33.7 Å². The van der Waals surface area contributed by atoms with Crippen LogP contribution in [-0.4, -0.2) is 54.5 Å². The molecule has 7 heteroatoms. The van der Waals surface area contributed by atoms with E-state index in [1.54, 1.807) is 25.2 Å². The summed E-state index contributed by atoms with van der Waals surface area (Å²) in [4.78, 5) is 18.0. The Balaban J connectivity index is 1.68. The Kier molecular flexibility index (Phi) is 8.34. The fourth-order valence-corrected chi connectivity index (χ4v) is 5.08. The molecule has 5 nitrogen and oxygen atoms in total. The Morgan fingerprint density at radius 1 is 1.00 bits per heavy atom. The number of nitrogens with zero attached hydrogens (tertiary/aromatic N) is 2. The number of carbonyl (C=O) groups excluding carboxylic acids is 1. The molecule has 1 heterocycles. The summed E-state index contributed by atoms with van der Waals surface area (Å²) in [5, 5.41) is 14.4. The topological polar surface area (TPSA) is 55.8 Å². The van der Waals surface area contributed by atoms with Crippen LogP contribution in [0, 0.1) is 0 Å². The molecular weight excluding hydrogens is 481 g/mol. The predicted molar refractivity (Wildman–Crippen MR) is 143 cm³/mol. The van der Waals surface area contributed by atoms with Crippen molar-refractivity contribution in [3.8, 4) is 16.9 Å². The highest BCUT2D eigenvalue weighted by Crippen LogP contribution is 2.33. The third-order valence-electron chi connectivity index (χ3n) is 6.74. The molecule has 1 aliphatic heterocycles. The lowest BCUT2D eigenvalue weighted by molar-refractivity contribution is -0.134. The Labute approximate surface area is 217 Å². The first kappa shape index (κ1) is 25.5. The molecule has 1 saturated heterocycles. The Bertz CT molecular complexity index is 1180. The smallest absolute Gasteiger partial charge is 0.244 e. The van der Waals surface area contributed by atoms with Crippen LogP contribution in [0.5, 0.6) is 5.75 Å². The highest BCUT2D eigenvalue weighted by molar-refractivity contribution is 6.42. The first-order valence-electron chi connectivity index (χ1n) is 11.9. The minimum atomic E-state index is -0.558. The van der Waals surface area contributed by atoms with Crippen LogP contribution in [0.2, 0.25) is 10.0 Å². The number of aromatic hydroxyl groups is 1. The number of halogens is 2. The monoisotopic (exact) mass is 511 g/mol. The van der Waals surface area contributed by atoms with Gasteiger partial charge in [0.05, 0.1) is 16.1 Å². The summed E-state index contributed by atoms with van der Waals surface area (Å²) < 4.78 is 0. The van der Waals surface area contributed by atoms with E-state index >= 15 is 0 Å². The van der Waals surface area contributed by atoms with Crippen LogP contribution in [0.25, 0.3) is 11.1 Å². The zero-order valence-electron chi connectivity index (χ0n) is 20.0. The number of hydrogen-bond acceptors (Lipinski definition) is 4. The lowest BCUT2D eigenvalue weighted by atomic mass is 9.97. The van der Waals surface area contributed by atoms with E-state index in [2.05, 4.69) is 22.3 Å². The van der Waals surface area contributed by atoms with Crippen molar-refractivity contribution < 1.29 is 9.90 Å². The summed E-state index contributed by atoms with van der Waals surface area (Å²) in [6.07, 6.45) is 2.34. The largest absolute Gasteiger partial charge is 0.507 e. The second-order valence-corrected chi connectivity index (χ2v) is 9.82. The summed E-state index contributed by atoms with van der Waals surface area (Å²) in [5.41, 5.74) is 3.48. The van der Waals surface area contributed by atoms with Gasteiger partial charge in [0.1, 0.15) is 11.8 Å². The summed E-state index contributed by atoms with van der Waals surface area (Å²) >= 11 is 12.3. The molecule has 0 radical (unpaired) electrons. The number of likely N-dealkylation sites (N-methyl/N-ethyl adjacent to an activating group) is 2. The van der Waals surface area contributed by atoms with Crippen LogP contribution in [0.15, 0.2) is 66.7 Å². The molecule has 2 atom stereocenters. The van der Waals surface area contributed by atoms with Crippen LogP contribution >= 0.6 is 23.2 Å². The zero-order valence-corrected chi connectivity index (χ0v) is 21.6. The minimum absolute atomic E-state index is 0.0527. The number of para-hydroxylation sites is 1. The molecular formula is C28H31Cl2N3O2. The fourth-order valence-electron chi connectivity index (χ4n) is 4.77. The zero-order chi connectivity index (χ0) is 24.9. The van der Waals surface area contributed by atoms with Gasteiger partial charge in [-0.2, -0.15) is 0 Å². The first-order valence-corrected chi connectivity index (χ1v) is 12.6. The normalized spacial score (nSPS) is 15.7. The molecule has 0 saturated carbocycles. The van der Waals surface area contributed by atoms with Gasteiger partial charge >= 0.3 is 0 Å². The van der Waals surface area contributed by atoms with Gasteiger partial charge in [-0.1, -0.05) is 65.7 Å². The van der Waals surface area contributed by atoms with Gasteiger partial charge in [-0.3, -0.25) is 4.79 Å². The standard InChI is InChI=1S/C28H31Cl2N3O2/c1-31-27(21-12-13-23(29)24(30)17-21)28(35)32(2)25(18-33-14-5-6-15-33)20-9-7-8-19(16-20)22-10-3-4-11-26(22)34/h3-4,7-13,16-17,25,27,31,34H,5-6,14-15,18H2,1-2H3. The molecule has 3 aromatic rings. The van der Waals surface area contributed by atoms with Crippen LogP contribution in [-0.2, 0) is 4.79 Å². The van der Waals surface area contributed by atoms with Crippen LogP contribution in [0.3, 0.4) is 0 Å². The second kappa shape index (κ2) is 11.4. The number of hydrogen-bond donors (Lipinski definition) is 2. The average molecular weight is 512 g/mol. The van der Waals surface area contributed by atoms with Gasteiger partial charge in [0.2, 0.25) is 5.91 Å². The van der Waals surface area contributed by atoms with Crippen molar-refractivity contribution in [1.82, 2.24) is 15.1 Å². The van der Waals surface area contributed by atoms with Gasteiger partial charge in [0, 0.05) is 19.2 Å². The maximum atomic E-state index is 13.8. The number of rotatable bonds is 8. The molecule has 0 bridgehead atoms. The maximum absolute atomic E-state index is 13.8. The average Bonchev–Trinajstić information content (AvgIpc) is 3.38. The SMILES string of the molecule is CNC(C(=O)N(C)C(CN1CCCC1)c1cccc(-c2ccccc2O)c1)c1ccc(Cl)c(Cl)c1. The second-order valence-electron chi connectivity index (χ2n) is 9.01. The van der Waals surface area contributed by atoms with Crippen molar-refractivity contribution in [2.24, 2.45) is 0 Å². The summed E-state index contributed by atoms with van der Waals surface area (Å²) in [7, 11) is 3.63. The van der Waals surface area contributed by atoms with E-state index in [0.29, 0.717) is 10.0 Å². The number of amides is 1. The van der Waals surface area contributed by atoms with E-state index in [1.807, 2.05) is 48.3 Å². The van der Waals surface area contributed by atoms with Gasteiger partial charge < -0.3 is 20.2 Å². The molecule has 1 aliphatic rings. The van der Waals surface area contributed by atoms with Gasteiger partial charge in [0.15, 0.2) is 0 Å². The van der Waals surface area contributed by atoms with E-state index in [-0.39, 0.29) is 17.7 Å². The molecule has 0 aliphatic carbocycles. The number of phenols is 1. The summed E-state index contributed by atoms with van der Waals surface area (Å²) in [6, 6.07) is 20.0. The number of benzene rings is 3. The molecule has 3 aromatic carbocycles. The lowest BCUT2D eigenvalue weighted by Crippen LogP contribution is -2.43. The van der Waals surface area contributed by atoms with Crippen molar-refractivity contribution in [3.05, 3.63) is 87.9 Å². The van der Waals surface area contributed by atoms with Gasteiger partial charge in [0.25, 0.3) is 0 Å². The number of phenolic OH excluding ortho intramolecular Hbond substituents is 1. The molecule has 4 rings (SSSR count). The van der Waals surface area contributed by atoms with E-state index in [1.165, 1.54) is 12.8 Å².